The first-order chi connectivity index (χ1) is 23.6. The Kier molecular flexibility index (Phi) is 13.4. The first-order valence-electron chi connectivity index (χ1n) is 14.2. The lowest BCUT2D eigenvalue weighted by Gasteiger charge is -2.13. The number of benzene rings is 4. The van der Waals surface area contributed by atoms with Crippen molar-refractivity contribution in [2.45, 2.75) is 23.6 Å². The fourth-order valence-electron chi connectivity index (χ4n) is 4.73. The summed E-state index contributed by atoms with van der Waals surface area (Å²) >= 11 is 20.7. The lowest BCUT2D eigenvalue weighted by atomic mass is 9.80. The lowest BCUT2D eigenvalue weighted by molar-refractivity contribution is 0.424. The monoisotopic (exact) mass is 786 g/mol. The second-order valence-corrected chi connectivity index (χ2v) is 13.2. The molecule has 4 nitrogen and oxygen atoms in total. The van der Waals surface area contributed by atoms with Gasteiger partial charge in [0.05, 0.1) is 37.5 Å². The Bertz CT molecular complexity index is 2230. The number of nitrogens with zero attached hydrogens (tertiary/aromatic N) is 2. The quantitative estimate of drug-likeness (QED) is 0.0803. The van der Waals surface area contributed by atoms with Gasteiger partial charge in [0.15, 0.2) is 0 Å². The molecule has 4 aromatic carbocycles. The number of halogens is 9. The highest BCUT2D eigenvalue weighted by atomic mass is 35.5. The third-order valence-electron chi connectivity index (χ3n) is 7.17. The molecule has 0 saturated heterocycles. The average Bonchev–Trinajstić information content (AvgIpc) is 3.05. The number of hydrogen-bond donors (Lipinski definition) is 2. The summed E-state index contributed by atoms with van der Waals surface area (Å²) in [6.07, 6.45) is 3.65. The number of thioether (sulfide) groups is 2. The van der Waals surface area contributed by atoms with Crippen LogP contribution in [0.4, 0.5) is 26.3 Å². The van der Waals surface area contributed by atoms with Gasteiger partial charge in [0.25, 0.3) is 0 Å². The molecular formula is C34H24BCl3F6N2O2S2. The van der Waals surface area contributed by atoms with Gasteiger partial charge in [-0.1, -0.05) is 34.8 Å². The first-order valence-corrected chi connectivity index (χ1v) is 17.7. The van der Waals surface area contributed by atoms with Crippen LogP contribution in [0.5, 0.6) is 0 Å². The maximum atomic E-state index is 14.0. The highest BCUT2D eigenvalue weighted by Gasteiger charge is 2.19. The number of aromatic nitrogens is 2. The molecule has 0 unspecified atom stereocenters. The van der Waals surface area contributed by atoms with Gasteiger partial charge in [-0.25, -0.2) is 36.3 Å². The number of fused-ring (bicyclic) bond motifs is 2. The summed E-state index contributed by atoms with van der Waals surface area (Å²) in [6.45, 7) is 3.31. The van der Waals surface area contributed by atoms with Gasteiger partial charge in [-0.3, -0.25) is 0 Å². The largest absolute Gasteiger partial charge is 0.489 e. The van der Waals surface area contributed by atoms with Crippen LogP contribution in [0.2, 0.25) is 15.2 Å². The van der Waals surface area contributed by atoms with Crippen molar-refractivity contribution in [1.29, 1.82) is 0 Å². The van der Waals surface area contributed by atoms with Crippen molar-refractivity contribution >= 4 is 92.7 Å². The Morgan fingerprint density at radius 1 is 0.600 bits per heavy atom. The fraction of sp³-hybridized carbons (Fsp3) is 0.118. The van der Waals surface area contributed by atoms with E-state index in [1.165, 1.54) is 47.8 Å². The molecular weight excluding hydrogens is 764 g/mol. The van der Waals surface area contributed by atoms with E-state index in [0.29, 0.717) is 27.3 Å². The second-order valence-electron chi connectivity index (χ2n) is 10.4. The molecule has 0 radical (unpaired) electrons. The summed E-state index contributed by atoms with van der Waals surface area (Å²) in [7, 11) is -1.61. The molecule has 0 amide bonds. The van der Waals surface area contributed by atoms with Crippen molar-refractivity contribution in [3.05, 3.63) is 122 Å². The van der Waals surface area contributed by atoms with E-state index in [9.17, 15) is 26.3 Å². The Hall–Kier alpha value is -3.17. The molecule has 260 valence electrons. The Labute approximate surface area is 307 Å². The summed E-state index contributed by atoms with van der Waals surface area (Å²) in [4.78, 5) is 9.66. The normalized spacial score (nSPS) is 10.9. The minimum Gasteiger partial charge on any atom is -0.423 e. The zero-order valence-corrected chi connectivity index (χ0v) is 30.3. The molecule has 0 atom stereocenters. The van der Waals surface area contributed by atoms with Gasteiger partial charge in [-0.15, -0.1) is 23.5 Å². The third-order valence-corrected chi connectivity index (χ3v) is 10.1. The molecule has 0 fully saturated rings. The topological polar surface area (TPSA) is 66.2 Å². The molecule has 2 N–H and O–H groups in total. The van der Waals surface area contributed by atoms with Crippen molar-refractivity contribution in [3.8, 4) is 11.3 Å². The highest BCUT2D eigenvalue weighted by Crippen LogP contribution is 2.38. The van der Waals surface area contributed by atoms with E-state index in [2.05, 4.69) is 9.97 Å². The highest BCUT2D eigenvalue weighted by molar-refractivity contribution is 7.99. The second kappa shape index (κ2) is 16.9. The molecule has 0 bridgehead atoms. The van der Waals surface area contributed by atoms with Gasteiger partial charge in [0.2, 0.25) is 0 Å². The Morgan fingerprint density at radius 2 is 1.08 bits per heavy atom. The lowest BCUT2D eigenvalue weighted by Crippen LogP contribution is -2.31. The smallest absolute Gasteiger partial charge is 0.423 e. The maximum Gasteiger partial charge on any atom is 0.489 e. The van der Waals surface area contributed by atoms with E-state index < -0.39 is 42.0 Å². The van der Waals surface area contributed by atoms with Crippen LogP contribution in [-0.4, -0.2) is 39.6 Å². The van der Waals surface area contributed by atoms with Crippen LogP contribution >= 0.6 is 58.3 Å². The average molecular weight is 788 g/mol. The van der Waals surface area contributed by atoms with Crippen molar-refractivity contribution in [1.82, 2.24) is 9.97 Å². The van der Waals surface area contributed by atoms with E-state index in [4.69, 9.17) is 44.9 Å². The summed E-state index contributed by atoms with van der Waals surface area (Å²) in [5, 5.41) is 18.3. The zero-order chi connectivity index (χ0) is 37.0. The van der Waals surface area contributed by atoms with Crippen molar-refractivity contribution < 1.29 is 36.4 Å². The number of hydrogen-bond acceptors (Lipinski definition) is 6. The Balaban J connectivity index is 0.000000180. The summed E-state index contributed by atoms with van der Waals surface area (Å²) in [6, 6.07) is 12.0. The SMILES string of the molecule is CSc1ccc(F)cc1-c1nc2cc(F)cc(F)c2c(Cl)c1C.CSc1ccc(F)cc1B(O)O.Cc1c(Cl)nc2cc(F)cc(F)c2c1Cl. The van der Waals surface area contributed by atoms with Gasteiger partial charge in [0.1, 0.15) is 40.1 Å². The first kappa shape index (κ1) is 39.6. The standard InChI is InChI=1S/C17H11ClF3NS.C10H5Cl2F2N.C7H8BFO2S/c1-8-16(18)15-12(21)6-10(20)7-13(15)22-17(8)11-5-9(19)3-4-14(11)23-2;1-4-9(11)8-6(14)2-5(13)3-7(8)15-10(4)12;1-12-7-3-2-5(9)4-6(7)8(10)11/h3-7H,1-2H3;2-3H,1H3;2-4,10-11H,1H3. The van der Waals surface area contributed by atoms with Crippen LogP contribution in [0.1, 0.15) is 11.1 Å². The van der Waals surface area contributed by atoms with Gasteiger partial charge >= 0.3 is 7.12 Å². The molecule has 0 saturated carbocycles. The van der Waals surface area contributed by atoms with E-state index >= 15 is 0 Å². The van der Waals surface area contributed by atoms with Crippen LogP contribution in [0, 0.1) is 48.8 Å². The number of pyridine rings is 2. The number of rotatable bonds is 4. The molecule has 0 aliphatic carbocycles. The van der Waals surface area contributed by atoms with E-state index in [-0.39, 0.29) is 42.5 Å². The van der Waals surface area contributed by atoms with E-state index in [0.717, 1.165) is 35.2 Å². The predicted molar refractivity (Wildman–Crippen MR) is 193 cm³/mol. The van der Waals surface area contributed by atoms with Crippen LogP contribution in [0.25, 0.3) is 33.1 Å². The van der Waals surface area contributed by atoms with E-state index in [1.54, 1.807) is 26.2 Å². The molecule has 16 heteroatoms. The summed E-state index contributed by atoms with van der Waals surface area (Å²) < 4.78 is 80.1. The molecule has 0 spiro atoms. The van der Waals surface area contributed by atoms with Crippen molar-refractivity contribution in [3.63, 3.8) is 0 Å². The van der Waals surface area contributed by atoms with Crippen LogP contribution in [0.15, 0.2) is 70.5 Å². The predicted octanol–water partition coefficient (Wildman–Crippen LogP) is 10.4. The fourth-order valence-corrected chi connectivity index (χ4v) is 6.70. The van der Waals surface area contributed by atoms with Crippen molar-refractivity contribution in [2.24, 2.45) is 0 Å². The molecule has 50 heavy (non-hydrogen) atoms. The Morgan fingerprint density at radius 3 is 1.60 bits per heavy atom. The van der Waals surface area contributed by atoms with Gasteiger partial charge in [-0.2, -0.15) is 0 Å². The minimum atomic E-state index is -1.61. The van der Waals surface area contributed by atoms with E-state index in [1.807, 2.05) is 6.26 Å². The molecule has 2 aromatic heterocycles. The third kappa shape index (κ3) is 8.82. The van der Waals surface area contributed by atoms with Crippen molar-refractivity contribution in [2.75, 3.05) is 12.5 Å². The zero-order valence-electron chi connectivity index (χ0n) is 26.4. The van der Waals surface area contributed by atoms with Crippen LogP contribution < -0.4 is 5.46 Å². The maximum absolute atomic E-state index is 14.0. The van der Waals surface area contributed by atoms with Gasteiger partial charge in [-0.05, 0) is 73.8 Å². The molecule has 6 rings (SSSR count). The summed E-state index contributed by atoms with van der Waals surface area (Å²) in [5.74, 6) is -3.82. The molecule has 6 aromatic rings. The molecule has 0 aliphatic heterocycles. The van der Waals surface area contributed by atoms with Gasteiger partial charge in [0, 0.05) is 45.2 Å². The van der Waals surface area contributed by atoms with Gasteiger partial charge < -0.3 is 10.0 Å². The molecule has 2 heterocycles. The molecule has 0 aliphatic rings. The van der Waals surface area contributed by atoms with Crippen LogP contribution in [-0.2, 0) is 0 Å². The van der Waals surface area contributed by atoms with Crippen LogP contribution in [0.3, 0.4) is 0 Å². The summed E-state index contributed by atoms with van der Waals surface area (Å²) in [5.41, 5.74) is 2.39. The minimum absolute atomic E-state index is 0.0661.